The van der Waals surface area contributed by atoms with Gasteiger partial charge in [0, 0.05) is 6.42 Å². The van der Waals surface area contributed by atoms with Crippen LogP contribution in [-0.4, -0.2) is 0 Å². The van der Waals surface area contributed by atoms with Gasteiger partial charge in [-0.15, -0.1) is 11.8 Å². The molecule has 0 radical (unpaired) electrons. The van der Waals surface area contributed by atoms with Gasteiger partial charge in [-0.2, -0.15) is 0 Å². The van der Waals surface area contributed by atoms with E-state index in [0.717, 1.165) is 12.3 Å². The average Bonchev–Trinajstić information content (AvgIpc) is 2.49. The Labute approximate surface area is 135 Å². The first-order chi connectivity index (χ1) is 10.3. The van der Waals surface area contributed by atoms with Crippen LogP contribution in [0.15, 0.2) is 0 Å². The third-order valence-corrected chi connectivity index (χ3v) is 4.48. The minimum absolute atomic E-state index is 0.925. The molecule has 0 aliphatic carbocycles. The summed E-state index contributed by atoms with van der Waals surface area (Å²) in [5, 5.41) is 0. The molecule has 0 amide bonds. The Morgan fingerprint density at radius 3 is 1.67 bits per heavy atom. The van der Waals surface area contributed by atoms with Gasteiger partial charge in [-0.1, -0.05) is 97.3 Å². The smallest absolute Gasteiger partial charge is 0.00885 e. The molecule has 0 aliphatic heterocycles. The van der Waals surface area contributed by atoms with Crippen molar-refractivity contribution in [1.29, 1.82) is 0 Å². The molecule has 0 heteroatoms. The van der Waals surface area contributed by atoms with Crippen molar-refractivity contribution in [3.8, 4) is 11.8 Å². The van der Waals surface area contributed by atoms with E-state index in [4.69, 9.17) is 0 Å². The lowest BCUT2D eigenvalue weighted by molar-refractivity contribution is 0.438. The van der Waals surface area contributed by atoms with Gasteiger partial charge >= 0.3 is 0 Å². The highest BCUT2D eigenvalue weighted by Gasteiger charge is 2.01. The standard InChI is InChI=1S/C21H40/c1-4-6-8-10-11-12-13-14-16-18-20-21(3)19-17-15-9-7-5-2/h21H,4,6,8-20H2,1-3H3. The normalized spacial score (nSPS) is 12.0. The fourth-order valence-electron chi connectivity index (χ4n) is 2.96. The molecule has 0 saturated heterocycles. The number of rotatable bonds is 15. The quantitative estimate of drug-likeness (QED) is 0.216. The van der Waals surface area contributed by atoms with Gasteiger partial charge in [-0.3, -0.25) is 0 Å². The largest absolute Gasteiger partial charge is 0.107 e. The molecular formula is C21H40. The number of unbranched alkanes of at least 4 members (excludes halogenated alkanes) is 11. The molecule has 0 nitrogen and oxygen atoms in total. The Morgan fingerprint density at radius 1 is 0.667 bits per heavy atom. The zero-order chi connectivity index (χ0) is 15.6. The topological polar surface area (TPSA) is 0 Å². The van der Waals surface area contributed by atoms with Crippen molar-refractivity contribution >= 4 is 0 Å². The molecule has 0 aromatic rings. The summed E-state index contributed by atoms with van der Waals surface area (Å²) in [5.74, 6) is 7.06. The van der Waals surface area contributed by atoms with Gasteiger partial charge in [0.1, 0.15) is 0 Å². The Kier molecular flexibility index (Phi) is 17.2. The fraction of sp³-hybridized carbons (Fsp3) is 0.905. The second-order valence-corrected chi connectivity index (χ2v) is 6.75. The molecule has 0 fully saturated rings. The monoisotopic (exact) mass is 292 g/mol. The van der Waals surface area contributed by atoms with E-state index in [2.05, 4.69) is 25.7 Å². The van der Waals surface area contributed by atoms with Crippen LogP contribution in [0.4, 0.5) is 0 Å². The van der Waals surface area contributed by atoms with E-state index in [9.17, 15) is 0 Å². The van der Waals surface area contributed by atoms with E-state index in [1.54, 1.807) is 0 Å². The fourth-order valence-corrected chi connectivity index (χ4v) is 2.96. The van der Waals surface area contributed by atoms with E-state index in [1.807, 2.05) is 6.92 Å². The Morgan fingerprint density at radius 2 is 1.14 bits per heavy atom. The highest BCUT2D eigenvalue weighted by Crippen LogP contribution is 2.18. The average molecular weight is 293 g/mol. The van der Waals surface area contributed by atoms with Crippen LogP contribution < -0.4 is 0 Å². The summed E-state index contributed by atoms with van der Waals surface area (Å²) in [6.45, 7) is 6.66. The second-order valence-electron chi connectivity index (χ2n) is 6.75. The molecule has 1 unspecified atom stereocenters. The summed E-state index contributed by atoms with van der Waals surface area (Å²) < 4.78 is 0. The lowest BCUT2D eigenvalue weighted by atomic mass is 9.96. The van der Waals surface area contributed by atoms with Gasteiger partial charge < -0.3 is 0 Å². The molecule has 21 heavy (non-hydrogen) atoms. The van der Waals surface area contributed by atoms with Crippen LogP contribution in [0.25, 0.3) is 0 Å². The van der Waals surface area contributed by atoms with E-state index < -0.39 is 0 Å². The van der Waals surface area contributed by atoms with Crippen molar-refractivity contribution in [2.45, 2.75) is 117 Å². The molecule has 0 saturated carbocycles. The van der Waals surface area contributed by atoms with Gasteiger partial charge in [0.2, 0.25) is 0 Å². The summed E-state index contributed by atoms with van der Waals surface area (Å²) >= 11 is 0. The van der Waals surface area contributed by atoms with E-state index in [1.165, 1.54) is 89.9 Å². The molecule has 0 rings (SSSR count). The molecule has 124 valence electrons. The molecule has 0 heterocycles. The molecule has 0 aliphatic rings. The van der Waals surface area contributed by atoms with Crippen molar-refractivity contribution in [2.75, 3.05) is 0 Å². The molecule has 0 spiro atoms. The number of hydrogen-bond acceptors (Lipinski definition) is 0. The van der Waals surface area contributed by atoms with Gasteiger partial charge in [0.25, 0.3) is 0 Å². The van der Waals surface area contributed by atoms with Crippen LogP contribution in [-0.2, 0) is 0 Å². The van der Waals surface area contributed by atoms with Crippen LogP contribution in [0, 0.1) is 17.8 Å². The van der Waals surface area contributed by atoms with E-state index in [0.29, 0.717) is 0 Å². The van der Waals surface area contributed by atoms with Crippen LogP contribution >= 0.6 is 0 Å². The molecule has 0 N–H and O–H groups in total. The maximum atomic E-state index is 3.16. The Hall–Kier alpha value is -0.440. The summed E-state index contributed by atoms with van der Waals surface area (Å²) in [6.07, 6.45) is 21.1. The molecule has 0 aromatic carbocycles. The molecule has 0 aromatic heterocycles. The van der Waals surface area contributed by atoms with Crippen molar-refractivity contribution in [3.63, 3.8) is 0 Å². The van der Waals surface area contributed by atoms with Crippen molar-refractivity contribution < 1.29 is 0 Å². The summed E-state index contributed by atoms with van der Waals surface area (Å²) in [4.78, 5) is 0. The van der Waals surface area contributed by atoms with Crippen molar-refractivity contribution in [2.24, 2.45) is 5.92 Å². The third-order valence-electron chi connectivity index (χ3n) is 4.48. The van der Waals surface area contributed by atoms with Crippen LogP contribution in [0.5, 0.6) is 0 Å². The first-order valence-corrected chi connectivity index (χ1v) is 9.70. The van der Waals surface area contributed by atoms with Gasteiger partial charge in [0.05, 0.1) is 0 Å². The van der Waals surface area contributed by atoms with Gasteiger partial charge in [-0.05, 0) is 19.3 Å². The SMILES string of the molecule is CC#CCCCCC(C)CCCCCCCCCCCC. The summed E-state index contributed by atoms with van der Waals surface area (Å²) in [5.41, 5.74) is 0. The Bertz CT molecular complexity index is 242. The Balaban J connectivity index is 3.13. The van der Waals surface area contributed by atoms with Crippen LogP contribution in [0.2, 0.25) is 0 Å². The molecular weight excluding hydrogens is 252 g/mol. The zero-order valence-corrected chi connectivity index (χ0v) is 15.2. The van der Waals surface area contributed by atoms with Crippen LogP contribution in [0.3, 0.4) is 0 Å². The first-order valence-electron chi connectivity index (χ1n) is 9.70. The highest BCUT2D eigenvalue weighted by atomic mass is 14.1. The molecule has 0 bridgehead atoms. The third kappa shape index (κ3) is 17.5. The lowest BCUT2D eigenvalue weighted by Gasteiger charge is -2.10. The lowest BCUT2D eigenvalue weighted by Crippen LogP contribution is -1.95. The minimum Gasteiger partial charge on any atom is -0.107 e. The number of hydrogen-bond donors (Lipinski definition) is 0. The first kappa shape index (κ1) is 20.6. The van der Waals surface area contributed by atoms with E-state index >= 15 is 0 Å². The maximum absolute atomic E-state index is 3.16. The van der Waals surface area contributed by atoms with Gasteiger partial charge in [-0.25, -0.2) is 0 Å². The second kappa shape index (κ2) is 17.6. The zero-order valence-electron chi connectivity index (χ0n) is 15.2. The maximum Gasteiger partial charge on any atom is 0.00885 e. The van der Waals surface area contributed by atoms with E-state index in [-0.39, 0.29) is 0 Å². The minimum atomic E-state index is 0.925. The molecule has 1 atom stereocenters. The predicted octanol–water partition coefficient (Wildman–Crippen LogP) is 7.52. The summed E-state index contributed by atoms with van der Waals surface area (Å²) in [6, 6.07) is 0. The highest BCUT2D eigenvalue weighted by molar-refractivity contribution is 4.94. The van der Waals surface area contributed by atoms with Crippen molar-refractivity contribution in [3.05, 3.63) is 0 Å². The van der Waals surface area contributed by atoms with Crippen LogP contribution in [0.1, 0.15) is 117 Å². The van der Waals surface area contributed by atoms with Gasteiger partial charge in [0.15, 0.2) is 0 Å². The summed E-state index contributed by atoms with van der Waals surface area (Å²) in [7, 11) is 0. The predicted molar refractivity (Wildman–Crippen MR) is 97.5 cm³/mol. The van der Waals surface area contributed by atoms with Crippen molar-refractivity contribution in [1.82, 2.24) is 0 Å².